The summed E-state index contributed by atoms with van der Waals surface area (Å²) in [6, 6.07) is 9.71. The van der Waals surface area contributed by atoms with E-state index < -0.39 is 5.82 Å². The van der Waals surface area contributed by atoms with Crippen molar-refractivity contribution in [3.63, 3.8) is 0 Å². The molecule has 3 nitrogen and oxygen atoms in total. The second-order valence-corrected chi connectivity index (χ2v) is 5.61. The number of hydrogen-bond acceptors (Lipinski definition) is 2. The molecule has 3 aromatic rings. The number of aromatic amines is 1. The van der Waals surface area contributed by atoms with Gasteiger partial charge in [0.25, 0.3) is 0 Å². The van der Waals surface area contributed by atoms with Crippen molar-refractivity contribution < 1.29 is 9.50 Å². The Morgan fingerprint density at radius 3 is 2.76 bits per heavy atom. The first-order valence-corrected chi connectivity index (χ1v) is 7.22. The zero-order chi connectivity index (χ0) is 15.0. The van der Waals surface area contributed by atoms with E-state index in [9.17, 15) is 9.50 Å². The molecule has 0 fully saturated rings. The van der Waals surface area contributed by atoms with E-state index in [0.29, 0.717) is 26.1 Å². The van der Waals surface area contributed by atoms with Crippen LogP contribution in [0, 0.1) is 5.82 Å². The van der Waals surface area contributed by atoms with E-state index in [-0.39, 0.29) is 11.4 Å². The molecule has 0 saturated heterocycles. The lowest BCUT2D eigenvalue weighted by Crippen LogP contribution is -1.81. The molecule has 1 heterocycles. The molecule has 2 aromatic carbocycles. The molecule has 0 unspecified atom stereocenters. The van der Waals surface area contributed by atoms with Crippen LogP contribution in [0.2, 0.25) is 5.02 Å². The van der Waals surface area contributed by atoms with Crippen molar-refractivity contribution in [1.29, 1.82) is 0 Å². The fraction of sp³-hybridized carbons (Fsp3) is 0. The summed E-state index contributed by atoms with van der Waals surface area (Å²) in [7, 11) is 0. The Morgan fingerprint density at radius 1 is 1.24 bits per heavy atom. The molecule has 0 saturated carbocycles. The van der Waals surface area contributed by atoms with E-state index in [1.165, 1.54) is 12.3 Å². The van der Waals surface area contributed by atoms with E-state index in [0.717, 1.165) is 0 Å². The largest absolute Gasteiger partial charge is 0.505 e. The van der Waals surface area contributed by atoms with Crippen LogP contribution in [-0.4, -0.2) is 16.3 Å². The summed E-state index contributed by atoms with van der Waals surface area (Å²) < 4.78 is 14.2. The zero-order valence-corrected chi connectivity index (χ0v) is 12.9. The summed E-state index contributed by atoms with van der Waals surface area (Å²) in [4.78, 5) is 7.03. The SMILES string of the molecule is Oc1c(C=Nc2ccccc2F)[nH]c2ccc(Br)c(Cl)c12. The molecule has 0 atom stereocenters. The minimum absolute atomic E-state index is 0.0172. The number of para-hydroxylation sites is 1. The van der Waals surface area contributed by atoms with Gasteiger partial charge in [0.2, 0.25) is 0 Å². The Kier molecular flexibility index (Phi) is 3.69. The third kappa shape index (κ3) is 2.54. The van der Waals surface area contributed by atoms with Gasteiger partial charge in [0.05, 0.1) is 27.8 Å². The molecule has 2 N–H and O–H groups in total. The van der Waals surface area contributed by atoms with Crippen LogP contribution in [0.15, 0.2) is 45.9 Å². The molecule has 1 aromatic heterocycles. The number of nitrogens with zero attached hydrogens (tertiary/aromatic N) is 1. The minimum Gasteiger partial charge on any atom is -0.505 e. The summed E-state index contributed by atoms with van der Waals surface area (Å²) >= 11 is 9.46. The van der Waals surface area contributed by atoms with Crippen molar-refractivity contribution in [3.8, 4) is 5.75 Å². The first-order chi connectivity index (χ1) is 10.1. The van der Waals surface area contributed by atoms with Gasteiger partial charge in [0, 0.05) is 4.47 Å². The van der Waals surface area contributed by atoms with Crippen molar-refractivity contribution in [2.45, 2.75) is 0 Å². The molecule has 3 rings (SSSR count). The predicted octanol–water partition coefficient (Wildman–Crippen LogP) is 5.18. The normalized spacial score (nSPS) is 11.6. The van der Waals surface area contributed by atoms with E-state index in [1.54, 1.807) is 30.3 Å². The van der Waals surface area contributed by atoms with Gasteiger partial charge in [-0.15, -0.1) is 0 Å². The highest BCUT2D eigenvalue weighted by molar-refractivity contribution is 9.10. The number of aromatic nitrogens is 1. The monoisotopic (exact) mass is 366 g/mol. The first-order valence-electron chi connectivity index (χ1n) is 6.05. The van der Waals surface area contributed by atoms with Gasteiger partial charge in [-0.25, -0.2) is 4.39 Å². The van der Waals surface area contributed by atoms with Crippen LogP contribution in [-0.2, 0) is 0 Å². The number of aromatic hydroxyl groups is 1. The lowest BCUT2D eigenvalue weighted by Gasteiger charge is -1.97. The van der Waals surface area contributed by atoms with Crippen molar-refractivity contribution >= 4 is 50.3 Å². The number of hydrogen-bond donors (Lipinski definition) is 2. The van der Waals surface area contributed by atoms with Crippen LogP contribution in [0.4, 0.5) is 10.1 Å². The topological polar surface area (TPSA) is 48.4 Å². The predicted molar refractivity (Wildman–Crippen MR) is 86.3 cm³/mol. The summed E-state index contributed by atoms with van der Waals surface area (Å²) in [6.45, 7) is 0. The van der Waals surface area contributed by atoms with Gasteiger partial charge in [0.1, 0.15) is 11.5 Å². The highest BCUT2D eigenvalue weighted by atomic mass is 79.9. The van der Waals surface area contributed by atoms with Crippen molar-refractivity contribution in [3.05, 3.63) is 57.4 Å². The van der Waals surface area contributed by atoms with E-state index >= 15 is 0 Å². The van der Waals surface area contributed by atoms with Crippen LogP contribution in [0.3, 0.4) is 0 Å². The third-order valence-electron chi connectivity index (χ3n) is 3.04. The van der Waals surface area contributed by atoms with Crippen molar-refractivity contribution in [2.75, 3.05) is 0 Å². The lowest BCUT2D eigenvalue weighted by atomic mass is 10.2. The molecule has 6 heteroatoms. The quantitative estimate of drug-likeness (QED) is 0.602. The molecule has 106 valence electrons. The molecule has 0 aliphatic heterocycles. The summed E-state index contributed by atoms with van der Waals surface area (Å²) in [5.74, 6) is -0.443. The van der Waals surface area contributed by atoms with E-state index in [1.807, 2.05) is 0 Å². The fourth-order valence-corrected chi connectivity index (χ4v) is 2.59. The molecular formula is C15H9BrClFN2O. The fourth-order valence-electron chi connectivity index (χ4n) is 2.01. The first kappa shape index (κ1) is 14.1. The number of H-pyrrole nitrogens is 1. The van der Waals surface area contributed by atoms with Crippen molar-refractivity contribution in [1.82, 2.24) is 4.98 Å². The number of fused-ring (bicyclic) bond motifs is 1. The van der Waals surface area contributed by atoms with Gasteiger partial charge < -0.3 is 10.1 Å². The Bertz CT molecular complexity index is 860. The number of nitrogens with one attached hydrogen (secondary N) is 1. The minimum atomic E-state index is -0.426. The molecular weight excluding hydrogens is 359 g/mol. The molecule has 0 amide bonds. The van der Waals surface area contributed by atoms with Crippen LogP contribution >= 0.6 is 27.5 Å². The second-order valence-electron chi connectivity index (χ2n) is 4.38. The number of halogens is 3. The maximum Gasteiger partial charge on any atom is 0.151 e. The number of rotatable bonds is 2. The Morgan fingerprint density at radius 2 is 2.00 bits per heavy atom. The number of benzene rings is 2. The maximum absolute atomic E-state index is 13.5. The zero-order valence-electron chi connectivity index (χ0n) is 10.6. The van der Waals surface area contributed by atoms with Gasteiger partial charge in [-0.2, -0.15) is 0 Å². The maximum atomic E-state index is 13.5. The Balaban J connectivity index is 2.08. The summed E-state index contributed by atoms with van der Waals surface area (Å²) in [5.41, 5.74) is 1.24. The van der Waals surface area contributed by atoms with Crippen LogP contribution < -0.4 is 0 Å². The molecule has 0 bridgehead atoms. The Hall–Kier alpha value is -1.85. The van der Waals surface area contributed by atoms with Crippen molar-refractivity contribution in [2.24, 2.45) is 4.99 Å². The smallest absolute Gasteiger partial charge is 0.151 e. The second kappa shape index (κ2) is 5.50. The lowest BCUT2D eigenvalue weighted by molar-refractivity contribution is 0.480. The van der Waals surface area contributed by atoms with Gasteiger partial charge in [-0.05, 0) is 40.2 Å². The van der Waals surface area contributed by atoms with Gasteiger partial charge >= 0.3 is 0 Å². The van der Waals surface area contributed by atoms with Crippen LogP contribution in [0.5, 0.6) is 5.75 Å². The van der Waals surface area contributed by atoms with E-state index in [4.69, 9.17) is 11.6 Å². The highest BCUT2D eigenvalue weighted by Crippen LogP contribution is 2.38. The molecule has 0 spiro atoms. The van der Waals surface area contributed by atoms with E-state index in [2.05, 4.69) is 25.9 Å². The third-order valence-corrected chi connectivity index (χ3v) is 4.32. The Labute approximate surface area is 133 Å². The number of aliphatic imine (C=N–C) groups is 1. The average Bonchev–Trinajstić information content (AvgIpc) is 2.79. The molecule has 0 aliphatic rings. The van der Waals surface area contributed by atoms with Crippen LogP contribution in [0.1, 0.15) is 5.69 Å². The van der Waals surface area contributed by atoms with Gasteiger partial charge in [-0.3, -0.25) is 4.99 Å². The average molecular weight is 368 g/mol. The molecule has 0 radical (unpaired) electrons. The highest BCUT2D eigenvalue weighted by Gasteiger charge is 2.14. The molecule has 0 aliphatic carbocycles. The van der Waals surface area contributed by atoms with Gasteiger partial charge in [-0.1, -0.05) is 23.7 Å². The summed E-state index contributed by atoms with van der Waals surface area (Å²) in [5, 5.41) is 11.1. The van der Waals surface area contributed by atoms with Gasteiger partial charge in [0.15, 0.2) is 5.75 Å². The standard InChI is InChI=1S/C15H9BrClFN2O/c16-8-5-6-11-13(14(8)17)15(21)12(20-11)7-19-10-4-2-1-3-9(10)18/h1-7,20-21H. The summed E-state index contributed by atoms with van der Waals surface area (Å²) in [6.07, 6.45) is 1.37. The van der Waals surface area contributed by atoms with Crippen LogP contribution in [0.25, 0.3) is 10.9 Å². The molecule has 21 heavy (non-hydrogen) atoms.